The first kappa shape index (κ1) is 19.5. The van der Waals surface area contributed by atoms with Gasteiger partial charge in [0.2, 0.25) is 0 Å². The zero-order valence-corrected chi connectivity index (χ0v) is 17.3. The van der Waals surface area contributed by atoms with E-state index < -0.39 is 0 Å². The first-order valence-electron chi connectivity index (χ1n) is 10.4. The molecule has 1 aliphatic rings. The highest BCUT2D eigenvalue weighted by Gasteiger charge is 1.90. The van der Waals surface area contributed by atoms with E-state index >= 15 is 0 Å². The highest BCUT2D eigenvalue weighted by atomic mass is 14.7. The Bertz CT molecular complexity index is 1380. The molecule has 4 heteroatoms. The Morgan fingerprint density at radius 2 is 0.500 bits per heavy atom. The minimum Gasteiger partial charge on any atom is -0.256 e. The molecular weight excluding hydrogens is 392 g/mol. The molecule has 5 rings (SSSR count). The van der Waals surface area contributed by atoms with Gasteiger partial charge < -0.3 is 0 Å². The fraction of sp³-hybridized carbons (Fsp3) is 0. The lowest BCUT2D eigenvalue weighted by Gasteiger charge is -1.92. The van der Waals surface area contributed by atoms with Gasteiger partial charge in [-0.05, 0) is 24.3 Å². The lowest BCUT2D eigenvalue weighted by Crippen LogP contribution is -2.29. The molecule has 0 aromatic heterocycles. The van der Waals surface area contributed by atoms with Gasteiger partial charge in [0.05, 0.1) is 21.4 Å². The molecular formula is C28H20N4. The maximum Gasteiger partial charge on any atom is 0.0717 e. The average molecular weight is 412 g/mol. The van der Waals surface area contributed by atoms with Crippen molar-refractivity contribution in [2.45, 2.75) is 0 Å². The van der Waals surface area contributed by atoms with E-state index in [1.54, 1.807) is 0 Å². The molecule has 0 N–H and O–H groups in total. The van der Waals surface area contributed by atoms with Crippen LogP contribution in [0.3, 0.4) is 0 Å². The number of benzene rings is 4. The van der Waals surface area contributed by atoms with Crippen molar-refractivity contribution < 1.29 is 0 Å². The molecule has 0 atom stereocenters. The molecule has 0 aliphatic carbocycles. The van der Waals surface area contributed by atoms with Gasteiger partial charge >= 0.3 is 0 Å². The van der Waals surface area contributed by atoms with E-state index in [0.29, 0.717) is 0 Å². The van der Waals surface area contributed by atoms with Crippen LogP contribution in [0, 0.1) is 0 Å². The fourth-order valence-corrected chi connectivity index (χ4v) is 3.41. The van der Waals surface area contributed by atoms with Crippen molar-refractivity contribution in [2.75, 3.05) is 0 Å². The second kappa shape index (κ2) is 9.14. The summed E-state index contributed by atoms with van der Waals surface area (Å²) in [6.07, 6.45) is 7.40. The van der Waals surface area contributed by atoms with Crippen molar-refractivity contribution >= 4 is 24.8 Å². The van der Waals surface area contributed by atoms with Crippen LogP contribution < -0.4 is 42.3 Å². The molecule has 4 nitrogen and oxygen atoms in total. The van der Waals surface area contributed by atoms with E-state index in [9.17, 15) is 0 Å². The van der Waals surface area contributed by atoms with Crippen LogP contribution >= 0.6 is 0 Å². The van der Waals surface area contributed by atoms with Crippen LogP contribution in [-0.4, -0.2) is 0 Å². The summed E-state index contributed by atoms with van der Waals surface area (Å²) in [6, 6.07) is 31.8. The molecule has 0 fully saturated rings. The highest BCUT2D eigenvalue weighted by molar-refractivity contribution is 5.31. The lowest BCUT2D eigenvalue weighted by atomic mass is 10.2. The van der Waals surface area contributed by atoms with E-state index in [1.165, 1.54) is 0 Å². The molecule has 152 valence electrons. The Morgan fingerprint density at radius 1 is 0.281 bits per heavy atom. The Labute approximate surface area is 184 Å². The molecule has 32 heavy (non-hydrogen) atoms. The van der Waals surface area contributed by atoms with Crippen LogP contribution in [0.4, 0.5) is 0 Å². The van der Waals surface area contributed by atoms with Gasteiger partial charge in [0.25, 0.3) is 0 Å². The van der Waals surface area contributed by atoms with E-state index in [0.717, 1.165) is 42.3 Å². The molecule has 1 aliphatic heterocycles. The number of fused-ring (bicyclic) bond motifs is 4. The number of para-hydroxylation sites is 4. The molecule has 0 bridgehead atoms. The first-order chi connectivity index (χ1) is 15.9. The van der Waals surface area contributed by atoms with Crippen LogP contribution in [0.2, 0.25) is 0 Å². The zero-order valence-electron chi connectivity index (χ0n) is 17.3. The second-order valence-electron chi connectivity index (χ2n) is 7.27. The van der Waals surface area contributed by atoms with Crippen LogP contribution in [0.5, 0.6) is 0 Å². The Balaban J connectivity index is 1.94. The smallest absolute Gasteiger partial charge is 0.0717 e. The number of hydrogen-bond acceptors (Lipinski definition) is 4. The predicted octanol–water partition coefficient (Wildman–Crippen LogP) is 0.231. The topological polar surface area (TPSA) is 49.4 Å². The summed E-state index contributed by atoms with van der Waals surface area (Å²) in [6.45, 7) is 0. The molecule has 0 saturated carbocycles. The third kappa shape index (κ3) is 4.35. The number of hydrogen-bond donors (Lipinski definition) is 0. The summed E-state index contributed by atoms with van der Waals surface area (Å²) in [4.78, 5) is 19.0. The molecule has 0 saturated heterocycles. The SMILES string of the molecule is C1=c2ccccc2=NC=c2ccccc2=NC=c2ccccc2=NC=c2ccccc2=N1. The maximum absolute atomic E-state index is 4.74. The number of nitrogens with zero attached hydrogens (tertiary/aromatic N) is 4. The van der Waals surface area contributed by atoms with Crippen molar-refractivity contribution in [2.24, 2.45) is 20.0 Å². The van der Waals surface area contributed by atoms with Gasteiger partial charge in [-0.3, -0.25) is 20.0 Å². The molecule has 0 amide bonds. The fourth-order valence-electron chi connectivity index (χ4n) is 3.41. The number of rotatable bonds is 0. The largest absolute Gasteiger partial charge is 0.256 e. The van der Waals surface area contributed by atoms with E-state index in [4.69, 9.17) is 20.0 Å². The summed E-state index contributed by atoms with van der Waals surface area (Å²) in [5, 5.41) is 7.14. The van der Waals surface area contributed by atoms with Crippen LogP contribution in [-0.2, 0) is 0 Å². The zero-order chi connectivity index (χ0) is 21.6. The van der Waals surface area contributed by atoms with Gasteiger partial charge in [0.15, 0.2) is 0 Å². The van der Waals surface area contributed by atoms with Crippen LogP contribution in [0.15, 0.2) is 117 Å². The standard InChI is InChI=1S/C28H20N4/c1-5-13-25-21(9-1)17-29-26-14-6-2-11-23(26)19-31-28-16-8-4-12-24(28)20-32-27-15-7-3-10-22(27)18-30-25/h1-20H. The Morgan fingerprint density at radius 3 is 0.750 bits per heavy atom. The van der Waals surface area contributed by atoms with Gasteiger partial charge in [-0.15, -0.1) is 0 Å². The Hall–Kier alpha value is -4.44. The van der Waals surface area contributed by atoms with E-state index in [1.807, 2.05) is 122 Å². The third-order valence-corrected chi connectivity index (χ3v) is 5.12. The minimum absolute atomic E-state index is 0.846. The highest BCUT2D eigenvalue weighted by Crippen LogP contribution is 1.80. The van der Waals surface area contributed by atoms with Crippen LogP contribution in [0.1, 0.15) is 0 Å². The molecule has 4 aromatic rings. The first-order valence-corrected chi connectivity index (χ1v) is 10.4. The van der Waals surface area contributed by atoms with Crippen molar-refractivity contribution in [3.05, 3.63) is 139 Å². The quantitative estimate of drug-likeness (QED) is 0.397. The monoisotopic (exact) mass is 412 g/mol. The molecule has 0 radical (unpaired) electrons. The van der Waals surface area contributed by atoms with Crippen LogP contribution in [0.25, 0.3) is 24.8 Å². The Kier molecular flexibility index (Phi) is 5.58. The van der Waals surface area contributed by atoms with Gasteiger partial charge in [-0.2, -0.15) is 0 Å². The molecule has 0 unspecified atom stereocenters. The van der Waals surface area contributed by atoms with Crippen molar-refractivity contribution in [3.63, 3.8) is 0 Å². The van der Waals surface area contributed by atoms with E-state index in [2.05, 4.69) is 0 Å². The average Bonchev–Trinajstić information content (AvgIpc) is 2.85. The van der Waals surface area contributed by atoms with Gasteiger partial charge in [-0.1, -0.05) is 72.8 Å². The van der Waals surface area contributed by atoms with Crippen molar-refractivity contribution in [1.82, 2.24) is 0 Å². The van der Waals surface area contributed by atoms with Crippen molar-refractivity contribution in [3.8, 4) is 0 Å². The molecule has 1 heterocycles. The summed E-state index contributed by atoms with van der Waals surface area (Å²) >= 11 is 0. The predicted molar refractivity (Wildman–Crippen MR) is 127 cm³/mol. The lowest BCUT2D eigenvalue weighted by molar-refractivity contribution is 1.27. The summed E-state index contributed by atoms with van der Waals surface area (Å²) in [5.41, 5.74) is 0. The normalized spacial score (nSPS) is 12.5. The second-order valence-corrected chi connectivity index (χ2v) is 7.27. The maximum atomic E-state index is 4.74. The minimum atomic E-state index is 0.846. The third-order valence-electron chi connectivity index (χ3n) is 5.12. The van der Waals surface area contributed by atoms with E-state index in [-0.39, 0.29) is 0 Å². The van der Waals surface area contributed by atoms with Gasteiger partial charge in [0, 0.05) is 45.7 Å². The summed E-state index contributed by atoms with van der Waals surface area (Å²) in [5.74, 6) is 0. The molecule has 4 aromatic carbocycles. The molecule has 0 spiro atoms. The summed E-state index contributed by atoms with van der Waals surface area (Å²) < 4.78 is 0. The van der Waals surface area contributed by atoms with Crippen molar-refractivity contribution in [1.29, 1.82) is 0 Å². The van der Waals surface area contributed by atoms with Gasteiger partial charge in [-0.25, -0.2) is 0 Å². The summed E-state index contributed by atoms with van der Waals surface area (Å²) in [7, 11) is 0. The van der Waals surface area contributed by atoms with Gasteiger partial charge in [0.1, 0.15) is 0 Å².